The van der Waals surface area contributed by atoms with Crippen LogP contribution in [0.25, 0.3) is 0 Å². The number of nitrogens with one attached hydrogen (secondary N) is 3. The lowest BCUT2D eigenvalue weighted by molar-refractivity contribution is -0.114. The van der Waals surface area contributed by atoms with Gasteiger partial charge in [0.05, 0.1) is 24.7 Å². The van der Waals surface area contributed by atoms with Gasteiger partial charge in [-0.2, -0.15) is 0 Å². The van der Waals surface area contributed by atoms with Crippen LogP contribution >= 0.6 is 0 Å². The molecule has 0 aliphatic carbocycles. The molecule has 0 fully saturated rings. The van der Waals surface area contributed by atoms with E-state index in [0.717, 1.165) is 5.69 Å². The number of nitrogens with zero attached hydrogens (tertiary/aromatic N) is 2. The summed E-state index contributed by atoms with van der Waals surface area (Å²) in [6.45, 7) is 3.88. The Morgan fingerprint density at radius 3 is 2.41 bits per heavy atom. The minimum absolute atomic E-state index is 0.165. The van der Waals surface area contributed by atoms with E-state index in [-0.39, 0.29) is 11.6 Å². The number of ether oxygens (including phenoxy) is 1. The maximum Gasteiger partial charge on any atom is 0.275 e. The Labute approximate surface area is 168 Å². The first-order valence-corrected chi connectivity index (χ1v) is 9.05. The maximum atomic E-state index is 12.4. The minimum atomic E-state index is -0.404. The molecule has 3 rings (SSSR count). The summed E-state index contributed by atoms with van der Waals surface area (Å²) >= 11 is 0. The van der Waals surface area contributed by atoms with Crippen molar-refractivity contribution < 1.29 is 14.3 Å². The molecule has 0 saturated heterocycles. The van der Waals surface area contributed by atoms with Crippen LogP contribution in [-0.2, 0) is 4.79 Å². The van der Waals surface area contributed by atoms with E-state index in [4.69, 9.17) is 4.74 Å². The molecule has 8 nitrogen and oxygen atoms in total. The number of amides is 2. The third kappa shape index (κ3) is 5.52. The van der Waals surface area contributed by atoms with Gasteiger partial charge in [0.25, 0.3) is 5.91 Å². The molecule has 8 heteroatoms. The molecular formula is C21H21N5O3. The van der Waals surface area contributed by atoms with Crippen molar-refractivity contribution in [3.8, 4) is 5.75 Å². The van der Waals surface area contributed by atoms with Crippen LogP contribution in [0, 0.1) is 0 Å². The van der Waals surface area contributed by atoms with E-state index in [2.05, 4.69) is 25.9 Å². The van der Waals surface area contributed by atoms with Crippen molar-refractivity contribution >= 4 is 34.7 Å². The fraction of sp³-hybridized carbons (Fsp3) is 0.143. The Bertz CT molecular complexity index is 1010. The minimum Gasteiger partial charge on any atom is -0.492 e. The summed E-state index contributed by atoms with van der Waals surface area (Å²) in [7, 11) is 0. The number of benzene rings is 2. The Balaban J connectivity index is 1.67. The zero-order valence-electron chi connectivity index (χ0n) is 16.1. The highest BCUT2D eigenvalue weighted by Gasteiger charge is 2.10. The summed E-state index contributed by atoms with van der Waals surface area (Å²) in [5, 5.41) is 8.53. The third-order valence-corrected chi connectivity index (χ3v) is 3.77. The first-order chi connectivity index (χ1) is 14.0. The number of hydrogen-bond donors (Lipinski definition) is 3. The van der Waals surface area contributed by atoms with E-state index in [9.17, 15) is 9.59 Å². The van der Waals surface area contributed by atoms with E-state index < -0.39 is 5.91 Å². The van der Waals surface area contributed by atoms with Gasteiger partial charge >= 0.3 is 0 Å². The summed E-state index contributed by atoms with van der Waals surface area (Å²) in [5.74, 6) is 0.603. The molecule has 0 radical (unpaired) electrons. The molecule has 0 unspecified atom stereocenters. The van der Waals surface area contributed by atoms with Crippen molar-refractivity contribution in [3.63, 3.8) is 0 Å². The molecule has 0 saturated carbocycles. The molecule has 2 amide bonds. The van der Waals surface area contributed by atoms with Crippen LogP contribution in [0.4, 0.5) is 22.9 Å². The van der Waals surface area contributed by atoms with Crippen molar-refractivity contribution in [2.24, 2.45) is 0 Å². The average Bonchev–Trinajstić information content (AvgIpc) is 2.70. The molecular weight excluding hydrogens is 370 g/mol. The van der Waals surface area contributed by atoms with Crippen molar-refractivity contribution in [2.75, 3.05) is 22.6 Å². The Kier molecular flexibility index (Phi) is 6.36. The topological polar surface area (TPSA) is 105 Å². The summed E-state index contributed by atoms with van der Waals surface area (Å²) < 4.78 is 5.57. The van der Waals surface area contributed by atoms with Gasteiger partial charge in [0.15, 0.2) is 0 Å². The van der Waals surface area contributed by atoms with Gasteiger partial charge in [0.1, 0.15) is 17.3 Å². The first-order valence-electron chi connectivity index (χ1n) is 9.05. The van der Waals surface area contributed by atoms with E-state index in [0.29, 0.717) is 29.5 Å². The number of carbonyl (C=O) groups excluding carboxylic acids is 2. The van der Waals surface area contributed by atoms with E-state index >= 15 is 0 Å². The van der Waals surface area contributed by atoms with Crippen molar-refractivity contribution in [2.45, 2.75) is 13.8 Å². The van der Waals surface area contributed by atoms with E-state index in [1.807, 2.05) is 31.2 Å². The van der Waals surface area contributed by atoms with Gasteiger partial charge in [-0.05, 0) is 37.3 Å². The molecule has 1 aromatic heterocycles. The largest absolute Gasteiger partial charge is 0.492 e. The van der Waals surface area contributed by atoms with Gasteiger partial charge in [-0.15, -0.1) is 0 Å². The molecule has 0 atom stereocenters. The predicted octanol–water partition coefficient (Wildman–Crippen LogP) is 3.83. The van der Waals surface area contributed by atoms with Crippen molar-refractivity contribution in [3.05, 3.63) is 66.6 Å². The normalized spacial score (nSPS) is 10.1. The number of hydrogen-bond acceptors (Lipinski definition) is 6. The first kappa shape index (κ1) is 19.8. The summed E-state index contributed by atoms with van der Waals surface area (Å²) in [5.41, 5.74) is 2.05. The molecule has 0 spiro atoms. The van der Waals surface area contributed by atoms with Crippen LogP contribution in [0.3, 0.4) is 0 Å². The van der Waals surface area contributed by atoms with Crippen molar-refractivity contribution in [1.29, 1.82) is 0 Å². The number of carbonyl (C=O) groups is 2. The van der Waals surface area contributed by atoms with Crippen LogP contribution in [0.15, 0.2) is 60.9 Å². The molecule has 0 aliphatic heterocycles. The van der Waals surface area contributed by atoms with Crippen molar-refractivity contribution in [1.82, 2.24) is 9.97 Å². The monoisotopic (exact) mass is 391 g/mol. The van der Waals surface area contributed by atoms with Gasteiger partial charge in [-0.25, -0.2) is 9.97 Å². The highest BCUT2D eigenvalue weighted by molar-refractivity contribution is 6.03. The Morgan fingerprint density at radius 1 is 0.966 bits per heavy atom. The molecule has 3 N–H and O–H groups in total. The number of aromatic nitrogens is 2. The third-order valence-electron chi connectivity index (χ3n) is 3.77. The van der Waals surface area contributed by atoms with Gasteiger partial charge < -0.3 is 20.7 Å². The fourth-order valence-corrected chi connectivity index (χ4v) is 2.57. The second-order valence-electron chi connectivity index (χ2n) is 6.06. The van der Waals surface area contributed by atoms with Crippen LogP contribution in [-0.4, -0.2) is 28.4 Å². The average molecular weight is 391 g/mol. The van der Waals surface area contributed by atoms with Gasteiger partial charge in [0, 0.05) is 18.3 Å². The van der Waals surface area contributed by atoms with Crippen LogP contribution < -0.4 is 20.7 Å². The highest BCUT2D eigenvalue weighted by Crippen LogP contribution is 2.26. The molecule has 1 heterocycles. The molecule has 148 valence electrons. The lowest BCUT2D eigenvalue weighted by Crippen LogP contribution is -2.14. The quantitative estimate of drug-likeness (QED) is 0.565. The Morgan fingerprint density at radius 2 is 1.72 bits per heavy atom. The number of para-hydroxylation sites is 2. The smallest absolute Gasteiger partial charge is 0.275 e. The van der Waals surface area contributed by atoms with Gasteiger partial charge in [-0.1, -0.05) is 18.2 Å². The van der Waals surface area contributed by atoms with Gasteiger partial charge in [0.2, 0.25) is 5.91 Å². The van der Waals surface area contributed by atoms with Gasteiger partial charge in [-0.3, -0.25) is 9.59 Å². The summed E-state index contributed by atoms with van der Waals surface area (Å²) in [6, 6.07) is 14.3. The zero-order chi connectivity index (χ0) is 20.6. The molecule has 0 aliphatic rings. The summed E-state index contributed by atoms with van der Waals surface area (Å²) in [4.78, 5) is 32.0. The number of anilines is 4. The molecule has 0 bridgehead atoms. The number of rotatable bonds is 7. The summed E-state index contributed by atoms with van der Waals surface area (Å²) in [6.07, 6.45) is 2.87. The lowest BCUT2D eigenvalue weighted by Gasteiger charge is -2.11. The van der Waals surface area contributed by atoms with Crippen LogP contribution in [0.2, 0.25) is 0 Å². The van der Waals surface area contributed by atoms with E-state index in [1.54, 1.807) is 24.3 Å². The Hall–Kier alpha value is -3.94. The fourth-order valence-electron chi connectivity index (χ4n) is 2.57. The second-order valence-corrected chi connectivity index (χ2v) is 6.06. The second kappa shape index (κ2) is 9.32. The maximum absolute atomic E-state index is 12.4. The van der Waals surface area contributed by atoms with Crippen LogP contribution in [0.5, 0.6) is 5.75 Å². The van der Waals surface area contributed by atoms with E-state index in [1.165, 1.54) is 19.3 Å². The molecule has 3 aromatic rings. The predicted molar refractivity (Wildman–Crippen MR) is 112 cm³/mol. The zero-order valence-corrected chi connectivity index (χ0v) is 16.1. The highest BCUT2D eigenvalue weighted by atomic mass is 16.5. The lowest BCUT2D eigenvalue weighted by atomic mass is 10.2. The SMILES string of the molecule is CCOc1ccccc1Nc1cnc(C(=O)Nc2cccc(NC(C)=O)c2)cn1. The molecule has 29 heavy (non-hydrogen) atoms. The standard InChI is InChI=1S/C21H21N5O3/c1-3-29-19-10-5-4-9-17(19)26-20-13-22-18(12-23-20)21(28)25-16-8-6-7-15(11-16)24-14(2)27/h4-13H,3H2,1-2H3,(H,23,26)(H,24,27)(H,25,28). The van der Waals surface area contributed by atoms with Crippen LogP contribution in [0.1, 0.15) is 24.3 Å². The molecule has 2 aromatic carbocycles.